The molecule has 184 valence electrons. The van der Waals surface area contributed by atoms with Gasteiger partial charge in [0.1, 0.15) is 11.6 Å². The number of hydrogen-bond acceptors (Lipinski definition) is 3. The summed E-state index contributed by atoms with van der Waals surface area (Å²) < 4.78 is 15.3. The second kappa shape index (κ2) is 9.57. The van der Waals surface area contributed by atoms with Gasteiger partial charge in [-0.25, -0.2) is 9.37 Å². The van der Waals surface area contributed by atoms with E-state index >= 15 is 0 Å². The van der Waals surface area contributed by atoms with Gasteiger partial charge >= 0.3 is 0 Å². The fourth-order valence-corrected chi connectivity index (χ4v) is 5.12. The van der Waals surface area contributed by atoms with Gasteiger partial charge in [0.15, 0.2) is 0 Å². The van der Waals surface area contributed by atoms with Crippen LogP contribution < -0.4 is 5.32 Å². The minimum atomic E-state index is -0.312. The molecule has 2 atom stereocenters. The number of nitrogens with one attached hydrogen (secondary N) is 1. The van der Waals surface area contributed by atoms with E-state index in [-0.39, 0.29) is 29.7 Å². The molecule has 1 fully saturated rings. The molecule has 1 aromatic heterocycles. The van der Waals surface area contributed by atoms with Gasteiger partial charge in [0.05, 0.1) is 11.0 Å². The highest BCUT2D eigenvalue weighted by molar-refractivity contribution is 6.06. The number of carbonyl (C=O) groups excluding carboxylic acids is 2. The summed E-state index contributed by atoms with van der Waals surface area (Å²) in [5.74, 6) is 0.196. The molecule has 2 heterocycles. The molecule has 4 aromatic rings. The molecule has 1 aliphatic rings. The first-order valence-electron chi connectivity index (χ1n) is 12.3. The molecule has 1 saturated heterocycles. The quantitative estimate of drug-likeness (QED) is 0.379. The van der Waals surface area contributed by atoms with Crippen LogP contribution in [0.4, 0.5) is 10.1 Å². The lowest BCUT2D eigenvalue weighted by Gasteiger charge is -2.39. The van der Waals surface area contributed by atoms with Crippen molar-refractivity contribution in [2.45, 2.75) is 52.1 Å². The summed E-state index contributed by atoms with van der Waals surface area (Å²) in [6, 6.07) is 19.0. The maximum absolute atomic E-state index is 13.4. The Bertz CT molecular complexity index is 1420. The molecular weight excluding hydrogens is 455 g/mol. The molecule has 1 N–H and O–H groups in total. The molecule has 1 aliphatic heterocycles. The number of likely N-dealkylation sites (tertiary alicyclic amines) is 1. The number of aromatic nitrogens is 2. The number of imidazole rings is 1. The van der Waals surface area contributed by atoms with Gasteiger partial charge in [-0.2, -0.15) is 0 Å². The van der Waals surface area contributed by atoms with Crippen molar-refractivity contribution in [1.29, 1.82) is 0 Å². The first-order valence-corrected chi connectivity index (χ1v) is 12.3. The predicted molar refractivity (Wildman–Crippen MR) is 139 cm³/mol. The predicted octanol–water partition coefficient (Wildman–Crippen LogP) is 6.13. The molecule has 0 aliphatic carbocycles. The van der Waals surface area contributed by atoms with Crippen molar-refractivity contribution in [2.24, 2.45) is 0 Å². The van der Waals surface area contributed by atoms with E-state index in [4.69, 9.17) is 0 Å². The van der Waals surface area contributed by atoms with Crippen LogP contribution in [0, 0.1) is 12.7 Å². The van der Waals surface area contributed by atoms with Crippen molar-refractivity contribution in [3.8, 4) is 5.69 Å². The molecule has 0 saturated carbocycles. The maximum Gasteiger partial charge on any atom is 0.255 e. The Morgan fingerprint density at radius 1 is 0.917 bits per heavy atom. The average molecular weight is 485 g/mol. The molecule has 6 nitrogen and oxygen atoms in total. The summed E-state index contributed by atoms with van der Waals surface area (Å²) in [6.45, 7) is 6.07. The summed E-state index contributed by atoms with van der Waals surface area (Å²) in [5, 5.41) is 2.92. The van der Waals surface area contributed by atoms with Gasteiger partial charge in [-0.1, -0.05) is 0 Å². The number of halogens is 1. The van der Waals surface area contributed by atoms with Gasteiger partial charge in [-0.05, 0) is 107 Å². The topological polar surface area (TPSA) is 67.2 Å². The van der Waals surface area contributed by atoms with E-state index in [0.717, 1.165) is 41.8 Å². The van der Waals surface area contributed by atoms with Gasteiger partial charge in [-0.3, -0.25) is 14.2 Å². The summed E-state index contributed by atoms with van der Waals surface area (Å²) in [5.41, 5.74) is 3.98. The third-order valence-electron chi connectivity index (χ3n) is 6.99. The Morgan fingerprint density at radius 3 is 2.22 bits per heavy atom. The Kier molecular flexibility index (Phi) is 6.31. The van der Waals surface area contributed by atoms with E-state index in [1.807, 2.05) is 16.4 Å². The fourth-order valence-electron chi connectivity index (χ4n) is 5.12. The average Bonchev–Trinajstić information content (AvgIpc) is 3.19. The number of benzene rings is 3. The molecule has 2 amide bonds. The number of amides is 2. The van der Waals surface area contributed by atoms with Crippen molar-refractivity contribution in [3.63, 3.8) is 0 Å². The largest absolute Gasteiger partial charge is 0.333 e. The van der Waals surface area contributed by atoms with Gasteiger partial charge in [-0.15, -0.1) is 0 Å². The van der Waals surface area contributed by atoms with E-state index in [9.17, 15) is 14.0 Å². The number of fused-ring (bicyclic) bond motifs is 1. The van der Waals surface area contributed by atoms with E-state index in [0.29, 0.717) is 16.8 Å². The monoisotopic (exact) mass is 484 g/mol. The molecule has 0 bridgehead atoms. The van der Waals surface area contributed by atoms with Gasteiger partial charge in [0, 0.05) is 34.6 Å². The van der Waals surface area contributed by atoms with Crippen LogP contribution in [0.2, 0.25) is 0 Å². The number of aryl methyl sites for hydroxylation is 1. The number of anilines is 1. The summed E-state index contributed by atoms with van der Waals surface area (Å²) in [6.07, 6.45) is 3.19. The molecule has 7 heteroatoms. The summed E-state index contributed by atoms with van der Waals surface area (Å²) in [4.78, 5) is 32.7. The lowest BCUT2D eigenvalue weighted by Crippen LogP contribution is -2.47. The zero-order valence-corrected chi connectivity index (χ0v) is 20.7. The van der Waals surface area contributed by atoms with Crippen LogP contribution in [-0.4, -0.2) is 38.3 Å². The van der Waals surface area contributed by atoms with Crippen molar-refractivity contribution >= 4 is 28.5 Å². The number of nitrogens with zero attached hydrogens (tertiary/aromatic N) is 3. The van der Waals surface area contributed by atoms with Gasteiger partial charge in [0.2, 0.25) is 0 Å². The molecule has 36 heavy (non-hydrogen) atoms. The molecule has 5 rings (SSSR count). The summed E-state index contributed by atoms with van der Waals surface area (Å²) in [7, 11) is 0. The van der Waals surface area contributed by atoms with E-state index in [2.05, 4.69) is 24.1 Å². The molecule has 0 spiro atoms. The van der Waals surface area contributed by atoms with Crippen LogP contribution in [0.3, 0.4) is 0 Å². The molecular formula is C29H29FN4O2. The Hall–Kier alpha value is -4.00. The van der Waals surface area contributed by atoms with Gasteiger partial charge in [0.25, 0.3) is 11.8 Å². The molecule has 0 radical (unpaired) electrons. The zero-order chi connectivity index (χ0) is 25.4. The van der Waals surface area contributed by atoms with E-state index < -0.39 is 0 Å². The Labute approximate surface area is 209 Å². The number of piperidine rings is 1. The van der Waals surface area contributed by atoms with Crippen LogP contribution >= 0.6 is 0 Å². The summed E-state index contributed by atoms with van der Waals surface area (Å²) >= 11 is 0. The minimum absolute atomic E-state index is 0.0300. The van der Waals surface area contributed by atoms with Crippen molar-refractivity contribution in [1.82, 2.24) is 14.5 Å². The van der Waals surface area contributed by atoms with Crippen LogP contribution in [-0.2, 0) is 0 Å². The fraction of sp³-hybridized carbons (Fsp3) is 0.276. The first-order chi connectivity index (χ1) is 17.3. The van der Waals surface area contributed by atoms with Crippen molar-refractivity contribution < 1.29 is 14.0 Å². The third kappa shape index (κ3) is 4.49. The number of carbonyl (C=O) groups is 2. The molecule has 3 aromatic carbocycles. The van der Waals surface area contributed by atoms with Crippen molar-refractivity contribution in [2.75, 3.05) is 5.32 Å². The standard InChI is InChI=1S/C29H29FN4O2/c1-18-5-4-6-19(2)33(18)29(36)21-7-12-24(13-8-21)32-28(35)22-9-16-26-27(17-22)34(20(3)31-26)25-14-10-23(30)11-15-25/h7-19H,4-6H2,1-3H3,(H,32,35). The van der Waals surface area contributed by atoms with Crippen molar-refractivity contribution in [3.05, 3.63) is 89.5 Å². The zero-order valence-electron chi connectivity index (χ0n) is 20.7. The van der Waals surface area contributed by atoms with Crippen LogP contribution in [0.25, 0.3) is 16.7 Å². The smallest absolute Gasteiger partial charge is 0.255 e. The maximum atomic E-state index is 13.4. The third-order valence-corrected chi connectivity index (χ3v) is 6.99. The van der Waals surface area contributed by atoms with Crippen LogP contribution in [0.1, 0.15) is 59.7 Å². The SMILES string of the molecule is Cc1nc2ccc(C(=O)Nc3ccc(C(=O)N4C(C)CCCC4C)cc3)cc2n1-c1ccc(F)cc1. The number of rotatable bonds is 4. The second-order valence-electron chi connectivity index (χ2n) is 9.55. The number of hydrogen-bond donors (Lipinski definition) is 1. The van der Waals surface area contributed by atoms with E-state index in [1.54, 1.807) is 54.6 Å². The Morgan fingerprint density at radius 2 is 1.56 bits per heavy atom. The highest BCUT2D eigenvalue weighted by atomic mass is 19.1. The molecule has 2 unspecified atom stereocenters. The van der Waals surface area contributed by atoms with E-state index in [1.165, 1.54) is 12.1 Å². The lowest BCUT2D eigenvalue weighted by molar-refractivity contribution is 0.0510. The highest BCUT2D eigenvalue weighted by Crippen LogP contribution is 2.26. The van der Waals surface area contributed by atoms with Crippen LogP contribution in [0.15, 0.2) is 66.7 Å². The highest BCUT2D eigenvalue weighted by Gasteiger charge is 2.29. The van der Waals surface area contributed by atoms with Crippen LogP contribution in [0.5, 0.6) is 0 Å². The normalized spacial score (nSPS) is 17.8. The van der Waals surface area contributed by atoms with Gasteiger partial charge < -0.3 is 10.2 Å². The minimum Gasteiger partial charge on any atom is -0.333 e. The second-order valence-corrected chi connectivity index (χ2v) is 9.55. The lowest BCUT2D eigenvalue weighted by atomic mass is 9.96. The first kappa shape index (κ1) is 23.7. The Balaban J connectivity index is 1.35.